The minimum absolute atomic E-state index is 0.153. The van der Waals surface area contributed by atoms with Crippen molar-refractivity contribution in [2.45, 2.75) is 25.2 Å². The first-order chi connectivity index (χ1) is 7.60. The molecule has 0 aliphatic carbocycles. The summed E-state index contributed by atoms with van der Waals surface area (Å²) >= 11 is 0. The van der Waals surface area contributed by atoms with E-state index in [2.05, 4.69) is 0 Å². The lowest BCUT2D eigenvalue weighted by Gasteiger charge is -2.16. The average molecular weight is 222 g/mol. The summed E-state index contributed by atoms with van der Waals surface area (Å²) in [5, 5.41) is 36.5. The van der Waals surface area contributed by atoms with Crippen molar-refractivity contribution in [1.29, 1.82) is 5.26 Å². The third-order valence-electron chi connectivity index (χ3n) is 2.34. The monoisotopic (exact) mass is 222 g/mol. The van der Waals surface area contributed by atoms with E-state index in [0.29, 0.717) is 16.8 Å². The molecule has 0 saturated heterocycles. The van der Waals surface area contributed by atoms with Gasteiger partial charge in [-0.1, -0.05) is 6.07 Å². The molecule has 0 bridgehead atoms. The molecule has 0 aliphatic heterocycles. The molecule has 0 heterocycles. The molecule has 1 rings (SSSR count). The van der Waals surface area contributed by atoms with Crippen LogP contribution >= 0.6 is 0 Å². The lowest BCUT2D eigenvalue weighted by atomic mass is 10.00. The van der Waals surface area contributed by atoms with Crippen LogP contribution in [0.3, 0.4) is 0 Å². The number of hydrogen-bond donors (Lipinski definition) is 4. The van der Waals surface area contributed by atoms with Crippen LogP contribution in [0.25, 0.3) is 0 Å². The van der Waals surface area contributed by atoms with E-state index in [9.17, 15) is 10.2 Å². The highest BCUT2D eigenvalue weighted by Gasteiger charge is 2.18. The van der Waals surface area contributed by atoms with Gasteiger partial charge in [-0.2, -0.15) is 5.26 Å². The van der Waals surface area contributed by atoms with Gasteiger partial charge in [0, 0.05) is 11.3 Å². The Morgan fingerprint density at radius 3 is 2.62 bits per heavy atom. The maximum absolute atomic E-state index is 9.71. The molecule has 86 valence electrons. The van der Waals surface area contributed by atoms with Gasteiger partial charge in [0.05, 0.1) is 25.2 Å². The quantitative estimate of drug-likeness (QED) is 0.539. The zero-order valence-corrected chi connectivity index (χ0v) is 8.67. The van der Waals surface area contributed by atoms with E-state index < -0.39 is 12.2 Å². The van der Waals surface area contributed by atoms with Gasteiger partial charge in [-0.25, -0.2) is 0 Å². The molecule has 5 heteroatoms. The zero-order chi connectivity index (χ0) is 12.1. The van der Waals surface area contributed by atoms with Gasteiger partial charge < -0.3 is 21.1 Å². The predicted molar refractivity (Wildman–Crippen MR) is 58.0 cm³/mol. The van der Waals surface area contributed by atoms with Crippen LogP contribution in [0.4, 0.5) is 5.69 Å². The number of nitrogen functional groups attached to an aromatic ring is 1. The summed E-state index contributed by atoms with van der Waals surface area (Å²) in [5.74, 6) is 0. The average Bonchev–Trinajstić information content (AvgIpc) is 2.29. The van der Waals surface area contributed by atoms with Gasteiger partial charge in [0.25, 0.3) is 0 Å². The van der Waals surface area contributed by atoms with Crippen molar-refractivity contribution in [3.8, 4) is 6.07 Å². The van der Waals surface area contributed by atoms with Gasteiger partial charge in [0.15, 0.2) is 0 Å². The molecular formula is C11H14N2O3. The van der Waals surface area contributed by atoms with E-state index in [4.69, 9.17) is 16.1 Å². The minimum atomic E-state index is -1.15. The second-order valence-electron chi connectivity index (χ2n) is 3.49. The number of nitrogens with two attached hydrogens (primary N) is 1. The normalized spacial score (nSPS) is 14.1. The SMILES string of the molecule is N#CCC(O)C(O)c1ccc(N)c(CO)c1. The van der Waals surface area contributed by atoms with Crippen LogP contribution in [0, 0.1) is 11.3 Å². The maximum atomic E-state index is 9.71. The third-order valence-corrected chi connectivity index (χ3v) is 2.34. The lowest BCUT2D eigenvalue weighted by molar-refractivity contribution is 0.0215. The van der Waals surface area contributed by atoms with Gasteiger partial charge in [0.1, 0.15) is 6.10 Å². The summed E-state index contributed by atoms with van der Waals surface area (Å²) in [6.45, 7) is -0.235. The Hall–Kier alpha value is -1.61. The summed E-state index contributed by atoms with van der Waals surface area (Å²) in [5.41, 5.74) is 6.92. The summed E-state index contributed by atoms with van der Waals surface area (Å²) in [6.07, 6.45) is -2.44. The Bertz CT molecular complexity index is 401. The Balaban J connectivity index is 2.92. The molecule has 2 atom stereocenters. The fourth-order valence-corrected chi connectivity index (χ4v) is 1.37. The summed E-state index contributed by atoms with van der Waals surface area (Å²) in [4.78, 5) is 0. The van der Waals surface area contributed by atoms with Crippen molar-refractivity contribution in [3.63, 3.8) is 0 Å². The van der Waals surface area contributed by atoms with Crippen molar-refractivity contribution >= 4 is 5.69 Å². The van der Waals surface area contributed by atoms with Gasteiger partial charge in [-0.3, -0.25) is 0 Å². The highest BCUT2D eigenvalue weighted by molar-refractivity contribution is 5.48. The molecular weight excluding hydrogens is 208 g/mol. The number of benzene rings is 1. The number of rotatable bonds is 4. The minimum Gasteiger partial charge on any atom is -0.398 e. The largest absolute Gasteiger partial charge is 0.398 e. The summed E-state index contributed by atoms with van der Waals surface area (Å²) in [7, 11) is 0. The van der Waals surface area contributed by atoms with E-state index in [1.165, 1.54) is 6.07 Å². The van der Waals surface area contributed by atoms with Crippen LogP contribution in [0.1, 0.15) is 23.7 Å². The maximum Gasteiger partial charge on any atom is 0.106 e. The molecule has 0 saturated carbocycles. The van der Waals surface area contributed by atoms with E-state index in [1.807, 2.05) is 0 Å². The van der Waals surface area contributed by atoms with Crippen LogP contribution in [0.2, 0.25) is 0 Å². The second-order valence-corrected chi connectivity index (χ2v) is 3.49. The Labute approximate surface area is 93.4 Å². The molecule has 0 radical (unpaired) electrons. The predicted octanol–water partition coefficient (Wildman–Crippen LogP) is 0.0691. The summed E-state index contributed by atoms with van der Waals surface area (Å²) < 4.78 is 0. The van der Waals surface area contributed by atoms with Crippen LogP contribution in [-0.4, -0.2) is 21.4 Å². The highest BCUT2D eigenvalue weighted by Crippen LogP contribution is 2.23. The van der Waals surface area contributed by atoms with Crippen LogP contribution < -0.4 is 5.73 Å². The Kier molecular flexibility index (Phi) is 4.26. The number of hydrogen-bond acceptors (Lipinski definition) is 5. The number of aliphatic hydroxyl groups excluding tert-OH is 3. The Morgan fingerprint density at radius 1 is 1.38 bits per heavy atom. The smallest absolute Gasteiger partial charge is 0.106 e. The number of nitriles is 1. The van der Waals surface area contributed by atoms with Gasteiger partial charge in [-0.05, 0) is 17.7 Å². The fourth-order valence-electron chi connectivity index (χ4n) is 1.37. The van der Waals surface area contributed by atoms with Gasteiger partial charge >= 0.3 is 0 Å². The van der Waals surface area contributed by atoms with E-state index in [0.717, 1.165) is 0 Å². The molecule has 16 heavy (non-hydrogen) atoms. The zero-order valence-electron chi connectivity index (χ0n) is 8.67. The molecule has 0 spiro atoms. The van der Waals surface area contributed by atoms with Crippen LogP contribution in [0.15, 0.2) is 18.2 Å². The highest BCUT2D eigenvalue weighted by atomic mass is 16.3. The fraction of sp³-hybridized carbons (Fsp3) is 0.364. The molecule has 5 nitrogen and oxygen atoms in total. The number of aliphatic hydroxyl groups is 3. The van der Waals surface area contributed by atoms with E-state index in [-0.39, 0.29) is 13.0 Å². The van der Waals surface area contributed by atoms with Crippen molar-refractivity contribution in [2.24, 2.45) is 0 Å². The molecule has 1 aromatic rings. The molecule has 5 N–H and O–H groups in total. The first-order valence-electron chi connectivity index (χ1n) is 4.82. The lowest BCUT2D eigenvalue weighted by Crippen LogP contribution is -2.17. The van der Waals surface area contributed by atoms with Gasteiger partial charge in [0.2, 0.25) is 0 Å². The number of nitrogens with zero attached hydrogens (tertiary/aromatic N) is 1. The topological polar surface area (TPSA) is 110 Å². The van der Waals surface area contributed by atoms with Crippen molar-refractivity contribution in [2.75, 3.05) is 5.73 Å². The summed E-state index contributed by atoms with van der Waals surface area (Å²) in [6, 6.07) is 6.39. The first kappa shape index (κ1) is 12.5. The number of anilines is 1. The van der Waals surface area contributed by atoms with Crippen LogP contribution in [-0.2, 0) is 6.61 Å². The van der Waals surface area contributed by atoms with Crippen molar-refractivity contribution < 1.29 is 15.3 Å². The van der Waals surface area contributed by atoms with Gasteiger partial charge in [-0.15, -0.1) is 0 Å². The van der Waals surface area contributed by atoms with E-state index >= 15 is 0 Å². The Morgan fingerprint density at radius 2 is 2.06 bits per heavy atom. The van der Waals surface area contributed by atoms with Crippen LogP contribution in [0.5, 0.6) is 0 Å². The molecule has 0 fully saturated rings. The van der Waals surface area contributed by atoms with Crippen molar-refractivity contribution in [3.05, 3.63) is 29.3 Å². The second kappa shape index (κ2) is 5.47. The van der Waals surface area contributed by atoms with Crippen molar-refractivity contribution in [1.82, 2.24) is 0 Å². The van der Waals surface area contributed by atoms with E-state index in [1.54, 1.807) is 18.2 Å². The standard InChI is InChI=1S/C11H14N2O3/c12-4-3-10(15)11(16)7-1-2-9(13)8(5-7)6-14/h1-2,5,10-11,14-16H,3,6,13H2. The third kappa shape index (κ3) is 2.70. The molecule has 0 aromatic heterocycles. The molecule has 0 amide bonds. The first-order valence-corrected chi connectivity index (χ1v) is 4.82. The molecule has 1 aromatic carbocycles. The molecule has 2 unspecified atom stereocenters. The molecule has 0 aliphatic rings.